The molecule has 1 aliphatic rings. The van der Waals surface area contributed by atoms with E-state index in [-0.39, 0.29) is 0 Å². The summed E-state index contributed by atoms with van der Waals surface area (Å²) in [4.78, 5) is 5.77. The third-order valence-electron chi connectivity index (χ3n) is 2.46. The Balaban J connectivity index is 2.13. The van der Waals surface area contributed by atoms with Gasteiger partial charge in [0.1, 0.15) is 0 Å². The summed E-state index contributed by atoms with van der Waals surface area (Å²) in [7, 11) is 0. The molecule has 0 unspecified atom stereocenters. The molecule has 2 rings (SSSR count). The van der Waals surface area contributed by atoms with Gasteiger partial charge in [-0.05, 0) is 25.8 Å². The molecule has 1 saturated carbocycles. The molecule has 0 saturated heterocycles. The van der Waals surface area contributed by atoms with Crippen molar-refractivity contribution in [3.8, 4) is 0 Å². The Morgan fingerprint density at radius 2 is 2.42 bits per heavy atom. The molecule has 0 radical (unpaired) electrons. The first-order chi connectivity index (χ1) is 5.74. The fraction of sp³-hybridized carbons (Fsp3) is 0.667. The highest BCUT2D eigenvalue weighted by Crippen LogP contribution is 2.48. The predicted molar refractivity (Wildman–Crippen MR) is 51.5 cm³/mol. The largest absolute Gasteiger partial charge is 0.330 e. The van der Waals surface area contributed by atoms with Gasteiger partial charge in [-0.3, -0.25) is 0 Å². The molecule has 0 spiro atoms. The Morgan fingerprint density at radius 1 is 1.67 bits per heavy atom. The summed E-state index contributed by atoms with van der Waals surface area (Å²) in [6, 6.07) is 0. The van der Waals surface area contributed by atoms with Gasteiger partial charge < -0.3 is 5.73 Å². The molecule has 0 amide bonds. The van der Waals surface area contributed by atoms with E-state index in [0.717, 1.165) is 13.0 Å². The van der Waals surface area contributed by atoms with Crippen molar-refractivity contribution in [2.24, 2.45) is 5.73 Å². The van der Waals surface area contributed by atoms with E-state index in [2.05, 4.69) is 11.9 Å². The van der Waals surface area contributed by atoms with E-state index in [4.69, 9.17) is 5.73 Å². The van der Waals surface area contributed by atoms with E-state index in [1.165, 1.54) is 22.7 Å². The molecule has 12 heavy (non-hydrogen) atoms. The topological polar surface area (TPSA) is 38.9 Å². The number of nitrogens with two attached hydrogens (primary N) is 1. The van der Waals surface area contributed by atoms with Gasteiger partial charge in [0.15, 0.2) is 0 Å². The van der Waals surface area contributed by atoms with Crippen LogP contribution < -0.4 is 5.73 Å². The summed E-state index contributed by atoms with van der Waals surface area (Å²) < 4.78 is 0. The Bertz CT molecular complexity index is 276. The lowest BCUT2D eigenvalue weighted by Crippen LogP contribution is -2.00. The van der Waals surface area contributed by atoms with Gasteiger partial charge in [0.2, 0.25) is 0 Å². The third-order valence-corrected chi connectivity index (χ3v) is 3.82. The van der Waals surface area contributed by atoms with Crippen molar-refractivity contribution < 1.29 is 0 Å². The summed E-state index contributed by atoms with van der Waals surface area (Å²) in [5.41, 5.74) is 5.90. The van der Waals surface area contributed by atoms with Gasteiger partial charge in [0.25, 0.3) is 0 Å². The Morgan fingerprint density at radius 3 is 3.00 bits per heavy atom. The summed E-state index contributed by atoms with van der Waals surface area (Å²) in [6.45, 7) is 3.02. The summed E-state index contributed by atoms with van der Waals surface area (Å²) in [5, 5.41) is 1.31. The monoisotopic (exact) mass is 182 g/mol. The van der Waals surface area contributed by atoms with Crippen molar-refractivity contribution in [1.82, 2.24) is 4.98 Å². The Labute approximate surface area is 76.8 Å². The molecule has 0 bridgehead atoms. The van der Waals surface area contributed by atoms with E-state index < -0.39 is 0 Å². The summed E-state index contributed by atoms with van der Waals surface area (Å²) >= 11 is 1.84. The molecule has 3 heteroatoms. The van der Waals surface area contributed by atoms with Gasteiger partial charge in [0.05, 0.1) is 5.01 Å². The van der Waals surface area contributed by atoms with Crippen LogP contribution in [-0.4, -0.2) is 11.5 Å². The Hall–Kier alpha value is -0.410. The Kier molecular flexibility index (Phi) is 1.93. The number of hydrogen-bond donors (Lipinski definition) is 1. The molecule has 1 aromatic heterocycles. The summed E-state index contributed by atoms with van der Waals surface area (Å²) in [6.07, 6.45) is 5.58. The fourth-order valence-corrected chi connectivity index (χ4v) is 2.38. The van der Waals surface area contributed by atoms with Crippen LogP contribution in [-0.2, 0) is 11.8 Å². The zero-order chi connectivity index (χ0) is 8.60. The van der Waals surface area contributed by atoms with Crippen LogP contribution >= 0.6 is 11.3 Å². The highest BCUT2D eigenvalue weighted by molar-refractivity contribution is 7.11. The maximum atomic E-state index is 5.47. The average Bonchev–Trinajstić information content (AvgIpc) is 2.64. The molecule has 0 aliphatic heterocycles. The lowest BCUT2D eigenvalue weighted by Gasteiger charge is -2.00. The molecular formula is C9H14N2S. The SMILES string of the molecule is CC1(c2ncc(CCN)s2)CC1. The van der Waals surface area contributed by atoms with Crippen LogP contribution in [0.2, 0.25) is 0 Å². The van der Waals surface area contributed by atoms with Crippen LogP contribution in [0.1, 0.15) is 29.7 Å². The average molecular weight is 182 g/mol. The second kappa shape index (κ2) is 2.82. The van der Waals surface area contributed by atoms with E-state index >= 15 is 0 Å². The lowest BCUT2D eigenvalue weighted by molar-refractivity contribution is 0.776. The zero-order valence-electron chi connectivity index (χ0n) is 7.34. The van der Waals surface area contributed by atoms with Crippen molar-refractivity contribution >= 4 is 11.3 Å². The van der Waals surface area contributed by atoms with Crippen molar-refractivity contribution in [1.29, 1.82) is 0 Å². The van der Waals surface area contributed by atoms with E-state index in [0.29, 0.717) is 5.41 Å². The molecule has 0 atom stereocenters. The van der Waals surface area contributed by atoms with Gasteiger partial charge in [0, 0.05) is 16.5 Å². The lowest BCUT2D eigenvalue weighted by atomic mass is 10.2. The van der Waals surface area contributed by atoms with Gasteiger partial charge in [-0.2, -0.15) is 0 Å². The minimum absolute atomic E-state index is 0.428. The number of thiazole rings is 1. The van der Waals surface area contributed by atoms with Gasteiger partial charge in [-0.15, -0.1) is 11.3 Å². The molecule has 1 aromatic rings. The predicted octanol–water partition coefficient (Wildman–Crippen LogP) is 1.70. The van der Waals surface area contributed by atoms with Crippen LogP contribution in [0.15, 0.2) is 6.20 Å². The van der Waals surface area contributed by atoms with E-state index in [1.807, 2.05) is 17.5 Å². The normalized spacial score (nSPS) is 19.5. The second-order valence-corrected chi connectivity index (χ2v) is 4.85. The number of nitrogens with zero attached hydrogens (tertiary/aromatic N) is 1. The molecule has 2 nitrogen and oxygen atoms in total. The highest BCUT2D eigenvalue weighted by Gasteiger charge is 2.41. The number of hydrogen-bond acceptors (Lipinski definition) is 3. The number of aromatic nitrogens is 1. The van der Waals surface area contributed by atoms with Crippen LogP contribution in [0.25, 0.3) is 0 Å². The highest BCUT2D eigenvalue weighted by atomic mass is 32.1. The van der Waals surface area contributed by atoms with Crippen molar-refractivity contribution in [2.45, 2.75) is 31.6 Å². The molecule has 2 N–H and O–H groups in total. The summed E-state index contributed by atoms with van der Waals surface area (Å²) in [5.74, 6) is 0. The first kappa shape index (κ1) is 8.20. The molecule has 1 heterocycles. The van der Waals surface area contributed by atoms with E-state index in [9.17, 15) is 0 Å². The molecule has 66 valence electrons. The van der Waals surface area contributed by atoms with Crippen LogP contribution in [0, 0.1) is 0 Å². The molecule has 1 aliphatic carbocycles. The van der Waals surface area contributed by atoms with Crippen LogP contribution in [0.3, 0.4) is 0 Å². The smallest absolute Gasteiger partial charge is 0.0986 e. The maximum absolute atomic E-state index is 5.47. The minimum atomic E-state index is 0.428. The third kappa shape index (κ3) is 1.39. The molecule has 1 fully saturated rings. The van der Waals surface area contributed by atoms with Crippen molar-refractivity contribution in [2.75, 3.05) is 6.54 Å². The number of rotatable bonds is 3. The van der Waals surface area contributed by atoms with Crippen molar-refractivity contribution in [3.05, 3.63) is 16.1 Å². The van der Waals surface area contributed by atoms with Gasteiger partial charge >= 0.3 is 0 Å². The first-order valence-electron chi connectivity index (χ1n) is 4.40. The maximum Gasteiger partial charge on any atom is 0.0986 e. The quantitative estimate of drug-likeness (QED) is 0.772. The first-order valence-corrected chi connectivity index (χ1v) is 5.21. The second-order valence-electron chi connectivity index (χ2n) is 3.73. The van der Waals surface area contributed by atoms with Crippen LogP contribution in [0.4, 0.5) is 0 Å². The minimum Gasteiger partial charge on any atom is -0.330 e. The molecular weight excluding hydrogens is 168 g/mol. The molecule has 0 aromatic carbocycles. The van der Waals surface area contributed by atoms with E-state index in [1.54, 1.807) is 0 Å². The van der Waals surface area contributed by atoms with Crippen molar-refractivity contribution in [3.63, 3.8) is 0 Å². The standard InChI is InChI=1S/C9H14N2S/c1-9(3-4-9)8-11-6-7(12-8)2-5-10/h6H,2-5,10H2,1H3. The zero-order valence-corrected chi connectivity index (χ0v) is 8.16. The van der Waals surface area contributed by atoms with Gasteiger partial charge in [-0.25, -0.2) is 4.98 Å². The van der Waals surface area contributed by atoms with Gasteiger partial charge in [-0.1, -0.05) is 6.92 Å². The fourth-order valence-electron chi connectivity index (χ4n) is 1.25. The van der Waals surface area contributed by atoms with Crippen LogP contribution in [0.5, 0.6) is 0 Å².